The van der Waals surface area contributed by atoms with Gasteiger partial charge in [-0.1, -0.05) is 44.0 Å². The minimum atomic E-state index is 0.663. The summed E-state index contributed by atoms with van der Waals surface area (Å²) in [6, 6.07) is 9.70. The molecule has 2 rings (SSSR count). The van der Waals surface area contributed by atoms with Gasteiger partial charge in [-0.15, -0.1) is 0 Å². The first-order valence-corrected chi connectivity index (χ1v) is 7.12. The number of hydrogen-bond acceptors (Lipinski definition) is 1. The zero-order valence-electron chi connectivity index (χ0n) is 11.2. The molecule has 1 aliphatic rings. The Morgan fingerprint density at radius 1 is 1.35 bits per heavy atom. The van der Waals surface area contributed by atoms with E-state index in [0.29, 0.717) is 6.04 Å². The lowest BCUT2D eigenvalue weighted by Crippen LogP contribution is -2.34. The van der Waals surface area contributed by atoms with Crippen LogP contribution in [0.5, 0.6) is 0 Å². The molecule has 2 unspecified atom stereocenters. The average molecular weight is 231 g/mol. The van der Waals surface area contributed by atoms with E-state index in [1.54, 1.807) is 11.1 Å². The third-order valence-corrected chi connectivity index (χ3v) is 4.14. The SMILES string of the molecule is CCCCC(NC)C1CCCc2ccccc21. The van der Waals surface area contributed by atoms with Crippen LogP contribution in [0.1, 0.15) is 56.1 Å². The van der Waals surface area contributed by atoms with Crippen LogP contribution in [-0.4, -0.2) is 13.1 Å². The number of rotatable bonds is 5. The van der Waals surface area contributed by atoms with Crippen molar-refractivity contribution in [1.29, 1.82) is 0 Å². The first-order chi connectivity index (χ1) is 8.36. The fourth-order valence-corrected chi connectivity index (χ4v) is 3.18. The normalized spacial score (nSPS) is 20.9. The molecule has 0 fully saturated rings. The average Bonchev–Trinajstić information content (AvgIpc) is 2.40. The summed E-state index contributed by atoms with van der Waals surface area (Å²) < 4.78 is 0. The topological polar surface area (TPSA) is 12.0 Å². The monoisotopic (exact) mass is 231 g/mol. The van der Waals surface area contributed by atoms with Crippen LogP contribution in [0.15, 0.2) is 24.3 Å². The second kappa shape index (κ2) is 6.20. The van der Waals surface area contributed by atoms with E-state index >= 15 is 0 Å². The molecule has 1 heteroatoms. The van der Waals surface area contributed by atoms with Gasteiger partial charge in [-0.2, -0.15) is 0 Å². The highest BCUT2D eigenvalue weighted by atomic mass is 14.9. The predicted octanol–water partition coefficient (Wildman–Crippen LogP) is 3.88. The van der Waals surface area contributed by atoms with E-state index in [2.05, 4.69) is 43.6 Å². The van der Waals surface area contributed by atoms with Gasteiger partial charge in [-0.3, -0.25) is 0 Å². The summed E-state index contributed by atoms with van der Waals surface area (Å²) in [6.07, 6.45) is 7.93. The third kappa shape index (κ3) is 2.90. The third-order valence-electron chi connectivity index (χ3n) is 4.14. The number of aryl methyl sites for hydroxylation is 1. The summed E-state index contributed by atoms with van der Waals surface area (Å²) in [5.41, 5.74) is 3.19. The minimum Gasteiger partial charge on any atom is -0.316 e. The standard InChI is InChI=1S/C16H25N/c1-3-4-12-16(17-2)15-11-7-9-13-8-5-6-10-14(13)15/h5-6,8,10,15-17H,3-4,7,9,11-12H2,1-2H3. The van der Waals surface area contributed by atoms with Crippen LogP contribution >= 0.6 is 0 Å². The van der Waals surface area contributed by atoms with E-state index in [1.807, 2.05) is 0 Å². The molecule has 0 amide bonds. The molecule has 0 radical (unpaired) electrons. The summed E-state index contributed by atoms with van der Waals surface area (Å²) in [5.74, 6) is 0.733. The first kappa shape index (κ1) is 12.6. The Hall–Kier alpha value is -0.820. The van der Waals surface area contributed by atoms with Crippen LogP contribution in [0.4, 0.5) is 0 Å². The van der Waals surface area contributed by atoms with Gasteiger partial charge in [-0.25, -0.2) is 0 Å². The molecule has 0 heterocycles. The summed E-state index contributed by atoms with van der Waals surface area (Å²) in [6.45, 7) is 2.28. The maximum absolute atomic E-state index is 3.55. The van der Waals surface area contributed by atoms with Crippen LogP contribution in [0.3, 0.4) is 0 Å². The molecule has 1 aliphatic carbocycles. The number of unbranched alkanes of at least 4 members (excludes halogenated alkanes) is 1. The molecular weight excluding hydrogens is 206 g/mol. The fourth-order valence-electron chi connectivity index (χ4n) is 3.18. The van der Waals surface area contributed by atoms with Crippen molar-refractivity contribution in [2.75, 3.05) is 7.05 Å². The molecule has 1 aromatic carbocycles. The van der Waals surface area contributed by atoms with Gasteiger partial charge in [0.15, 0.2) is 0 Å². The molecule has 1 aromatic rings. The zero-order chi connectivity index (χ0) is 12.1. The Morgan fingerprint density at radius 2 is 2.18 bits per heavy atom. The maximum Gasteiger partial charge on any atom is 0.0133 e. The summed E-state index contributed by atoms with van der Waals surface area (Å²) in [5, 5.41) is 3.55. The van der Waals surface area contributed by atoms with Crippen LogP contribution in [-0.2, 0) is 6.42 Å². The van der Waals surface area contributed by atoms with Crippen molar-refractivity contribution in [2.24, 2.45) is 0 Å². The van der Waals surface area contributed by atoms with Gasteiger partial charge in [0.2, 0.25) is 0 Å². The van der Waals surface area contributed by atoms with Gasteiger partial charge in [-0.05, 0) is 49.8 Å². The lowest BCUT2D eigenvalue weighted by atomic mass is 9.77. The fraction of sp³-hybridized carbons (Fsp3) is 0.625. The maximum atomic E-state index is 3.55. The molecule has 0 saturated carbocycles. The molecule has 0 aliphatic heterocycles. The van der Waals surface area contributed by atoms with Crippen LogP contribution in [0.25, 0.3) is 0 Å². The van der Waals surface area contributed by atoms with E-state index in [9.17, 15) is 0 Å². The van der Waals surface area contributed by atoms with E-state index < -0.39 is 0 Å². The van der Waals surface area contributed by atoms with Gasteiger partial charge < -0.3 is 5.32 Å². The molecule has 2 atom stereocenters. The van der Waals surface area contributed by atoms with Crippen molar-refractivity contribution in [3.8, 4) is 0 Å². The number of likely N-dealkylation sites (N-methyl/N-ethyl adjacent to an activating group) is 1. The van der Waals surface area contributed by atoms with Gasteiger partial charge >= 0.3 is 0 Å². The highest BCUT2D eigenvalue weighted by molar-refractivity contribution is 5.33. The van der Waals surface area contributed by atoms with E-state index in [-0.39, 0.29) is 0 Å². The summed E-state index contributed by atoms with van der Waals surface area (Å²) in [4.78, 5) is 0. The number of hydrogen-bond donors (Lipinski definition) is 1. The Labute approximate surface area is 106 Å². The van der Waals surface area contributed by atoms with Crippen molar-refractivity contribution in [2.45, 2.75) is 57.4 Å². The van der Waals surface area contributed by atoms with Gasteiger partial charge in [0.1, 0.15) is 0 Å². The minimum absolute atomic E-state index is 0.663. The second-order valence-electron chi connectivity index (χ2n) is 5.23. The highest BCUT2D eigenvalue weighted by Crippen LogP contribution is 2.35. The number of fused-ring (bicyclic) bond motifs is 1. The predicted molar refractivity (Wildman–Crippen MR) is 74.5 cm³/mol. The van der Waals surface area contributed by atoms with Gasteiger partial charge in [0.25, 0.3) is 0 Å². The molecule has 0 aromatic heterocycles. The Kier molecular flexibility index (Phi) is 4.61. The van der Waals surface area contributed by atoms with Crippen LogP contribution < -0.4 is 5.32 Å². The molecular formula is C16H25N. The van der Waals surface area contributed by atoms with Crippen LogP contribution in [0, 0.1) is 0 Å². The quantitative estimate of drug-likeness (QED) is 0.811. The number of benzene rings is 1. The van der Waals surface area contributed by atoms with Crippen molar-refractivity contribution in [3.05, 3.63) is 35.4 Å². The smallest absolute Gasteiger partial charge is 0.0133 e. The van der Waals surface area contributed by atoms with Crippen LogP contribution in [0.2, 0.25) is 0 Å². The lowest BCUT2D eigenvalue weighted by molar-refractivity contribution is 0.385. The van der Waals surface area contributed by atoms with Crippen molar-refractivity contribution in [1.82, 2.24) is 5.32 Å². The molecule has 0 spiro atoms. The van der Waals surface area contributed by atoms with E-state index in [1.165, 1.54) is 38.5 Å². The largest absolute Gasteiger partial charge is 0.316 e. The number of nitrogens with one attached hydrogen (secondary N) is 1. The highest BCUT2D eigenvalue weighted by Gasteiger charge is 2.26. The molecule has 94 valence electrons. The Balaban J connectivity index is 2.15. The summed E-state index contributed by atoms with van der Waals surface area (Å²) >= 11 is 0. The van der Waals surface area contributed by atoms with Crippen molar-refractivity contribution >= 4 is 0 Å². The van der Waals surface area contributed by atoms with Gasteiger partial charge in [0.05, 0.1) is 0 Å². The van der Waals surface area contributed by atoms with E-state index in [0.717, 1.165) is 5.92 Å². The van der Waals surface area contributed by atoms with Crippen molar-refractivity contribution < 1.29 is 0 Å². The zero-order valence-corrected chi connectivity index (χ0v) is 11.2. The molecule has 0 saturated heterocycles. The molecule has 0 bridgehead atoms. The van der Waals surface area contributed by atoms with Gasteiger partial charge in [0, 0.05) is 6.04 Å². The van der Waals surface area contributed by atoms with E-state index in [4.69, 9.17) is 0 Å². The lowest BCUT2D eigenvalue weighted by Gasteiger charge is -2.32. The van der Waals surface area contributed by atoms with Crippen molar-refractivity contribution in [3.63, 3.8) is 0 Å². The molecule has 1 N–H and O–H groups in total. The second-order valence-corrected chi connectivity index (χ2v) is 5.23. The Morgan fingerprint density at radius 3 is 2.94 bits per heavy atom. The summed E-state index contributed by atoms with van der Waals surface area (Å²) in [7, 11) is 2.12. The first-order valence-electron chi connectivity index (χ1n) is 7.12. The molecule has 1 nitrogen and oxygen atoms in total. The Bertz CT molecular complexity index is 345. The molecule has 17 heavy (non-hydrogen) atoms.